The van der Waals surface area contributed by atoms with E-state index >= 15 is 0 Å². The average Bonchev–Trinajstić information content (AvgIpc) is 3.22. The maximum Gasteiger partial charge on any atom is 0.259 e. The van der Waals surface area contributed by atoms with Crippen molar-refractivity contribution in [2.24, 2.45) is 0 Å². The van der Waals surface area contributed by atoms with E-state index in [9.17, 15) is 4.79 Å². The zero-order valence-electron chi connectivity index (χ0n) is 15.2. The summed E-state index contributed by atoms with van der Waals surface area (Å²) in [6.45, 7) is 2.03. The summed E-state index contributed by atoms with van der Waals surface area (Å²) >= 11 is 0. The van der Waals surface area contributed by atoms with Gasteiger partial charge in [-0.25, -0.2) is 0 Å². The number of anilines is 2. The Balaban J connectivity index is 1.68. The molecule has 26 heavy (non-hydrogen) atoms. The molecule has 0 spiro atoms. The topological polar surface area (TPSA) is 64.8 Å². The third-order valence-corrected chi connectivity index (χ3v) is 5.39. The Labute approximate surface area is 153 Å². The highest BCUT2D eigenvalue weighted by atomic mass is 16.5. The van der Waals surface area contributed by atoms with Crippen LogP contribution in [-0.2, 0) is 0 Å². The SMILES string of the molecule is COc1ccc(N2C(=O)c3cc(N)ccc3C2C)cc1OC1CCCC1. The summed E-state index contributed by atoms with van der Waals surface area (Å²) in [5.41, 5.74) is 8.95. The van der Waals surface area contributed by atoms with Crippen LogP contribution in [0.1, 0.15) is 54.6 Å². The number of nitrogen functional groups attached to an aromatic ring is 1. The maximum absolute atomic E-state index is 13.0. The fourth-order valence-electron chi connectivity index (χ4n) is 4.00. The van der Waals surface area contributed by atoms with Crippen molar-refractivity contribution in [2.45, 2.75) is 44.8 Å². The quantitative estimate of drug-likeness (QED) is 0.832. The predicted molar refractivity (Wildman–Crippen MR) is 102 cm³/mol. The Morgan fingerprint density at radius 2 is 1.85 bits per heavy atom. The van der Waals surface area contributed by atoms with Gasteiger partial charge in [-0.1, -0.05) is 6.07 Å². The van der Waals surface area contributed by atoms with E-state index in [4.69, 9.17) is 15.2 Å². The molecule has 1 unspecified atom stereocenters. The molecule has 5 nitrogen and oxygen atoms in total. The molecule has 0 radical (unpaired) electrons. The summed E-state index contributed by atoms with van der Waals surface area (Å²) in [4.78, 5) is 14.8. The maximum atomic E-state index is 13.0. The zero-order valence-corrected chi connectivity index (χ0v) is 15.2. The lowest BCUT2D eigenvalue weighted by Crippen LogP contribution is -2.26. The molecule has 1 amide bonds. The zero-order chi connectivity index (χ0) is 18.3. The molecule has 0 saturated heterocycles. The number of hydrogen-bond acceptors (Lipinski definition) is 4. The lowest BCUT2D eigenvalue weighted by Gasteiger charge is -2.24. The van der Waals surface area contributed by atoms with Crippen LogP contribution in [0.3, 0.4) is 0 Å². The van der Waals surface area contributed by atoms with Gasteiger partial charge in [0.2, 0.25) is 0 Å². The van der Waals surface area contributed by atoms with Crippen LogP contribution in [0.15, 0.2) is 36.4 Å². The largest absolute Gasteiger partial charge is 0.493 e. The van der Waals surface area contributed by atoms with Crippen molar-refractivity contribution in [3.05, 3.63) is 47.5 Å². The van der Waals surface area contributed by atoms with Gasteiger partial charge in [-0.2, -0.15) is 0 Å². The number of ether oxygens (including phenoxy) is 2. The minimum Gasteiger partial charge on any atom is -0.493 e. The number of hydrogen-bond donors (Lipinski definition) is 1. The summed E-state index contributed by atoms with van der Waals surface area (Å²) in [5.74, 6) is 1.37. The lowest BCUT2D eigenvalue weighted by atomic mass is 10.1. The van der Waals surface area contributed by atoms with E-state index < -0.39 is 0 Å². The van der Waals surface area contributed by atoms with E-state index in [2.05, 4.69) is 0 Å². The van der Waals surface area contributed by atoms with Gasteiger partial charge in [0.25, 0.3) is 5.91 Å². The van der Waals surface area contributed by atoms with Crippen molar-refractivity contribution in [3.63, 3.8) is 0 Å². The number of rotatable bonds is 4. The Bertz CT molecular complexity index is 843. The molecule has 2 aliphatic rings. The van der Waals surface area contributed by atoms with Crippen molar-refractivity contribution < 1.29 is 14.3 Å². The number of benzene rings is 2. The molecular weight excluding hydrogens is 328 g/mol. The summed E-state index contributed by atoms with van der Waals surface area (Å²) < 4.78 is 11.6. The van der Waals surface area contributed by atoms with Crippen molar-refractivity contribution in [2.75, 3.05) is 17.7 Å². The number of carbonyl (C=O) groups excluding carboxylic acids is 1. The highest BCUT2D eigenvalue weighted by Gasteiger charge is 2.35. The van der Waals surface area contributed by atoms with E-state index in [0.717, 1.165) is 24.1 Å². The number of methoxy groups -OCH3 is 1. The van der Waals surface area contributed by atoms with Crippen LogP contribution in [0, 0.1) is 0 Å². The Morgan fingerprint density at radius 1 is 1.08 bits per heavy atom. The molecule has 1 aliphatic carbocycles. The van der Waals surface area contributed by atoms with Gasteiger partial charge in [-0.05, 0) is 62.4 Å². The van der Waals surface area contributed by atoms with Gasteiger partial charge in [0.05, 0.1) is 19.3 Å². The van der Waals surface area contributed by atoms with Gasteiger partial charge < -0.3 is 20.1 Å². The van der Waals surface area contributed by atoms with Gasteiger partial charge in [0.1, 0.15) is 0 Å². The second kappa shape index (κ2) is 6.56. The second-order valence-electron chi connectivity index (χ2n) is 7.06. The fraction of sp³-hybridized carbons (Fsp3) is 0.381. The third kappa shape index (κ3) is 2.77. The van der Waals surface area contributed by atoms with E-state index in [0.29, 0.717) is 22.7 Å². The summed E-state index contributed by atoms with van der Waals surface area (Å²) in [6, 6.07) is 11.2. The number of nitrogens with zero attached hydrogens (tertiary/aromatic N) is 1. The van der Waals surface area contributed by atoms with Crippen LogP contribution in [0.5, 0.6) is 11.5 Å². The van der Waals surface area contributed by atoms with Crippen LogP contribution in [-0.4, -0.2) is 19.1 Å². The van der Waals surface area contributed by atoms with Crippen LogP contribution < -0.4 is 20.1 Å². The molecule has 2 aromatic carbocycles. The molecule has 5 heteroatoms. The van der Waals surface area contributed by atoms with Gasteiger partial charge >= 0.3 is 0 Å². The molecule has 1 atom stereocenters. The van der Waals surface area contributed by atoms with Crippen molar-refractivity contribution in [1.82, 2.24) is 0 Å². The second-order valence-corrected chi connectivity index (χ2v) is 7.06. The molecular formula is C21H24N2O3. The predicted octanol–water partition coefficient (Wildman–Crippen LogP) is 4.32. The van der Waals surface area contributed by atoms with E-state index in [-0.39, 0.29) is 18.1 Å². The van der Waals surface area contributed by atoms with Gasteiger partial charge in [-0.3, -0.25) is 4.79 Å². The summed E-state index contributed by atoms with van der Waals surface area (Å²) in [7, 11) is 1.64. The van der Waals surface area contributed by atoms with E-state index in [1.54, 1.807) is 18.1 Å². The third-order valence-electron chi connectivity index (χ3n) is 5.39. The van der Waals surface area contributed by atoms with Crippen LogP contribution in [0.25, 0.3) is 0 Å². The average molecular weight is 352 g/mol. The van der Waals surface area contributed by atoms with Crippen molar-refractivity contribution >= 4 is 17.3 Å². The Morgan fingerprint density at radius 3 is 2.58 bits per heavy atom. The first-order valence-corrected chi connectivity index (χ1v) is 9.16. The number of carbonyl (C=O) groups is 1. The first-order chi connectivity index (χ1) is 12.6. The fourth-order valence-corrected chi connectivity index (χ4v) is 4.00. The number of fused-ring (bicyclic) bond motifs is 1. The first kappa shape index (κ1) is 16.8. The standard InChI is InChI=1S/C21H24N2O3/c1-13-17-9-7-14(22)11-18(17)21(24)23(13)15-8-10-19(25-2)20(12-15)26-16-5-3-4-6-16/h7-13,16H,3-6,22H2,1-2H3. The molecule has 1 saturated carbocycles. The molecule has 2 aromatic rings. The number of amides is 1. The molecule has 0 bridgehead atoms. The first-order valence-electron chi connectivity index (χ1n) is 9.16. The summed E-state index contributed by atoms with van der Waals surface area (Å²) in [6.07, 6.45) is 4.76. The minimum absolute atomic E-state index is 0.0308. The smallest absolute Gasteiger partial charge is 0.259 e. The number of nitrogens with two attached hydrogens (primary N) is 1. The Hall–Kier alpha value is -2.69. The lowest BCUT2D eigenvalue weighted by molar-refractivity contribution is 0.0992. The molecule has 0 aromatic heterocycles. The van der Waals surface area contributed by atoms with Crippen LogP contribution >= 0.6 is 0 Å². The van der Waals surface area contributed by atoms with Gasteiger partial charge in [0, 0.05) is 23.0 Å². The molecule has 136 valence electrons. The van der Waals surface area contributed by atoms with Gasteiger partial charge in [-0.15, -0.1) is 0 Å². The Kier molecular flexibility index (Phi) is 4.23. The van der Waals surface area contributed by atoms with E-state index in [1.807, 2.05) is 37.3 Å². The van der Waals surface area contributed by atoms with E-state index in [1.165, 1.54) is 12.8 Å². The summed E-state index contributed by atoms with van der Waals surface area (Å²) in [5, 5.41) is 0. The van der Waals surface area contributed by atoms with Gasteiger partial charge in [0.15, 0.2) is 11.5 Å². The minimum atomic E-state index is -0.0502. The van der Waals surface area contributed by atoms with Crippen molar-refractivity contribution in [1.29, 1.82) is 0 Å². The molecule has 1 heterocycles. The van der Waals surface area contributed by atoms with Crippen LogP contribution in [0.4, 0.5) is 11.4 Å². The molecule has 4 rings (SSSR count). The molecule has 1 aliphatic heterocycles. The molecule has 1 fully saturated rings. The highest BCUT2D eigenvalue weighted by Crippen LogP contribution is 2.41. The van der Waals surface area contributed by atoms with Crippen LogP contribution in [0.2, 0.25) is 0 Å². The highest BCUT2D eigenvalue weighted by molar-refractivity contribution is 6.11. The monoisotopic (exact) mass is 352 g/mol. The van der Waals surface area contributed by atoms with Crippen molar-refractivity contribution in [3.8, 4) is 11.5 Å². The normalized spacial score (nSPS) is 19.7. The molecule has 2 N–H and O–H groups in total.